The molecule has 1 aliphatic heterocycles. The number of likely N-dealkylation sites (tertiary alicyclic amines) is 1. The second-order valence-electron chi connectivity index (χ2n) is 6.12. The molecule has 112 valence electrons. The predicted octanol–water partition coefficient (Wildman–Crippen LogP) is 3.23. The fourth-order valence-electron chi connectivity index (χ4n) is 2.37. The van der Waals surface area contributed by atoms with Crippen molar-refractivity contribution in [1.82, 2.24) is 4.90 Å². The molecule has 1 aromatic rings. The van der Waals surface area contributed by atoms with E-state index < -0.39 is 5.60 Å². The first-order valence-electron chi connectivity index (χ1n) is 6.72. The van der Waals surface area contributed by atoms with Gasteiger partial charge < -0.3 is 14.7 Å². The third kappa shape index (κ3) is 5.16. The summed E-state index contributed by atoms with van der Waals surface area (Å²) in [6.45, 7) is 6.83. The van der Waals surface area contributed by atoms with Gasteiger partial charge in [0.05, 0.1) is 0 Å². The van der Waals surface area contributed by atoms with E-state index in [2.05, 4.69) is 15.9 Å². The fraction of sp³-hybridized carbons (Fsp3) is 0.533. The van der Waals surface area contributed by atoms with E-state index >= 15 is 0 Å². The number of phenolic OH excluding ortho intramolecular Hbond substituents is 1. The van der Waals surface area contributed by atoms with E-state index in [0.717, 1.165) is 16.5 Å². The van der Waals surface area contributed by atoms with Crippen molar-refractivity contribution < 1.29 is 14.6 Å². The Kier molecular flexibility index (Phi) is 6.59. The van der Waals surface area contributed by atoms with Crippen molar-refractivity contribution in [2.45, 2.75) is 38.7 Å². The van der Waals surface area contributed by atoms with Gasteiger partial charge in [0.1, 0.15) is 11.4 Å². The molecule has 2 rings (SSSR count). The van der Waals surface area contributed by atoms with Crippen molar-refractivity contribution in [3.05, 3.63) is 28.2 Å². The third-order valence-corrected chi connectivity index (χ3v) is 3.77. The van der Waals surface area contributed by atoms with Crippen LogP contribution in [0.4, 0.5) is 4.79 Å². The number of carbonyl (C=O) groups is 1. The van der Waals surface area contributed by atoms with E-state index in [-0.39, 0.29) is 47.3 Å². The van der Waals surface area contributed by atoms with Crippen LogP contribution in [0, 0.1) is 0 Å². The van der Waals surface area contributed by atoms with Gasteiger partial charge in [-0.1, -0.05) is 22.0 Å². The van der Waals surface area contributed by atoms with E-state index in [0.29, 0.717) is 13.1 Å². The molecule has 1 saturated heterocycles. The second kappa shape index (κ2) is 7.36. The molecule has 1 aromatic carbocycles. The summed E-state index contributed by atoms with van der Waals surface area (Å²) in [6.07, 6.45) is 0.561. The predicted molar refractivity (Wildman–Crippen MR) is 88.1 cm³/mol. The Morgan fingerprint density at radius 1 is 1.43 bits per heavy atom. The van der Waals surface area contributed by atoms with E-state index in [1.54, 1.807) is 11.0 Å². The van der Waals surface area contributed by atoms with E-state index in [4.69, 9.17) is 4.74 Å². The molecule has 0 aliphatic carbocycles. The average Bonchev–Trinajstić information content (AvgIpc) is 2.75. The van der Waals surface area contributed by atoms with E-state index in [1.807, 2.05) is 32.9 Å². The summed E-state index contributed by atoms with van der Waals surface area (Å²) in [6, 6.07) is 5.50. The Morgan fingerprint density at radius 2 is 2.10 bits per heavy atom. The summed E-state index contributed by atoms with van der Waals surface area (Å²) in [5.74, 6) is 0.436. The number of hydrogen-bond acceptors (Lipinski definition) is 3. The number of aromatic hydroxyl groups is 1. The summed E-state index contributed by atoms with van der Waals surface area (Å²) >= 11 is 3.33. The number of phenols is 1. The molecule has 6 heteroatoms. The van der Waals surface area contributed by atoms with E-state index in [1.165, 1.54) is 0 Å². The van der Waals surface area contributed by atoms with Crippen molar-refractivity contribution in [3.63, 3.8) is 0 Å². The first-order chi connectivity index (χ1) is 9.26. The van der Waals surface area contributed by atoms with Crippen molar-refractivity contribution in [2.75, 3.05) is 13.1 Å². The van der Waals surface area contributed by atoms with Crippen molar-refractivity contribution in [2.24, 2.45) is 0 Å². The molecule has 4 nitrogen and oxygen atoms in total. The van der Waals surface area contributed by atoms with E-state index in [9.17, 15) is 9.90 Å². The van der Waals surface area contributed by atoms with Crippen LogP contribution in [0.15, 0.2) is 22.7 Å². The van der Waals surface area contributed by atoms with Gasteiger partial charge in [0, 0.05) is 23.5 Å². The number of ether oxygens (including phenoxy) is 1. The topological polar surface area (TPSA) is 49.8 Å². The minimum absolute atomic E-state index is 0. The van der Waals surface area contributed by atoms with Crippen LogP contribution in [-0.4, -0.2) is 64.3 Å². The number of benzene rings is 1. The van der Waals surface area contributed by atoms with Crippen LogP contribution < -0.4 is 0 Å². The van der Waals surface area contributed by atoms with Crippen LogP contribution in [0.2, 0.25) is 0 Å². The number of amides is 1. The summed E-state index contributed by atoms with van der Waals surface area (Å²) in [5.41, 5.74) is 0.411. The van der Waals surface area contributed by atoms with Gasteiger partial charge in [0.2, 0.25) is 0 Å². The van der Waals surface area contributed by atoms with Crippen LogP contribution in [0.5, 0.6) is 5.75 Å². The number of hydrogen-bond donors (Lipinski definition) is 1. The van der Waals surface area contributed by atoms with Gasteiger partial charge in [-0.2, -0.15) is 0 Å². The Bertz CT molecular complexity index is 516. The summed E-state index contributed by atoms with van der Waals surface area (Å²) in [5, 5.41) is 10.00. The standard InChI is InChI=1S/C15H20BrNO3.Na.H/c1-15(2,3)20-14(19)17-7-6-10(9-17)12-5-4-11(16)8-13(12)18;;/h4-5,8,10,18H,6-7,9H2,1-3H3;;. The number of nitrogens with zero attached hydrogens (tertiary/aromatic N) is 1. The molecule has 1 atom stereocenters. The zero-order valence-electron chi connectivity index (χ0n) is 12.0. The van der Waals surface area contributed by atoms with Crippen LogP contribution >= 0.6 is 15.9 Å². The van der Waals surface area contributed by atoms with Gasteiger partial charge in [0.25, 0.3) is 0 Å². The van der Waals surface area contributed by atoms with Gasteiger partial charge in [-0.05, 0) is 44.9 Å². The SMILES string of the molecule is CC(C)(C)OC(=O)N1CCC(c2ccc(Br)cc2O)C1.[NaH]. The quantitative estimate of drug-likeness (QED) is 0.777. The van der Waals surface area contributed by atoms with Gasteiger partial charge in [0.15, 0.2) is 0 Å². The molecular weight excluding hydrogens is 345 g/mol. The fourth-order valence-corrected chi connectivity index (χ4v) is 2.72. The molecular formula is C15H21BrNNaO3. The molecule has 0 radical (unpaired) electrons. The van der Waals surface area contributed by atoms with Crippen molar-refractivity contribution in [3.8, 4) is 5.75 Å². The number of halogens is 1. The molecule has 1 fully saturated rings. The Balaban J connectivity index is 0.00000220. The zero-order chi connectivity index (χ0) is 14.9. The molecule has 1 N–H and O–H groups in total. The molecule has 1 heterocycles. The molecule has 0 bridgehead atoms. The molecule has 1 aliphatic rings. The van der Waals surface area contributed by atoms with Crippen molar-refractivity contribution in [1.29, 1.82) is 0 Å². The summed E-state index contributed by atoms with van der Waals surface area (Å²) in [7, 11) is 0. The second-order valence-corrected chi connectivity index (χ2v) is 7.03. The Hall–Kier alpha value is -0.230. The monoisotopic (exact) mass is 365 g/mol. The van der Waals surface area contributed by atoms with Gasteiger partial charge >= 0.3 is 35.7 Å². The van der Waals surface area contributed by atoms with Gasteiger partial charge in [-0.3, -0.25) is 0 Å². The molecule has 21 heavy (non-hydrogen) atoms. The summed E-state index contributed by atoms with van der Waals surface area (Å²) in [4.78, 5) is 13.7. The van der Waals surface area contributed by atoms with Crippen LogP contribution in [0.25, 0.3) is 0 Å². The molecule has 1 unspecified atom stereocenters. The normalized spacial score (nSPS) is 18.3. The van der Waals surface area contributed by atoms with Crippen LogP contribution in [0.1, 0.15) is 38.7 Å². The third-order valence-electron chi connectivity index (χ3n) is 3.27. The maximum atomic E-state index is 12.0. The van der Waals surface area contributed by atoms with Gasteiger partial charge in [-0.15, -0.1) is 0 Å². The Morgan fingerprint density at radius 3 is 2.67 bits per heavy atom. The van der Waals surface area contributed by atoms with Gasteiger partial charge in [-0.25, -0.2) is 4.79 Å². The first-order valence-corrected chi connectivity index (χ1v) is 7.52. The van der Waals surface area contributed by atoms with Crippen molar-refractivity contribution >= 4 is 51.6 Å². The Labute approximate surface area is 156 Å². The first kappa shape index (κ1) is 18.8. The molecule has 0 saturated carbocycles. The molecule has 0 spiro atoms. The number of rotatable bonds is 1. The maximum absolute atomic E-state index is 12.0. The van der Waals surface area contributed by atoms with Crippen LogP contribution in [0.3, 0.4) is 0 Å². The van der Waals surface area contributed by atoms with Crippen LogP contribution in [-0.2, 0) is 4.74 Å². The zero-order valence-corrected chi connectivity index (χ0v) is 13.6. The minimum atomic E-state index is -0.477. The number of carbonyl (C=O) groups excluding carboxylic acids is 1. The average molecular weight is 366 g/mol. The summed E-state index contributed by atoms with van der Waals surface area (Å²) < 4.78 is 6.22. The molecule has 1 amide bonds. The molecule has 0 aromatic heterocycles.